The number of hydrogen-bond acceptors (Lipinski definition) is 5. The number of anilines is 1. The van der Waals surface area contributed by atoms with Crippen molar-refractivity contribution in [3.63, 3.8) is 0 Å². The van der Waals surface area contributed by atoms with Crippen LogP contribution in [0.4, 0.5) is 10.1 Å². The average Bonchev–Trinajstić information content (AvgIpc) is 2.73. The number of rotatable bonds is 9. The number of methoxy groups -OCH3 is 1. The number of nitrogens with one attached hydrogen (secondary N) is 1. The molecule has 0 atom stereocenters. The predicted octanol–water partition coefficient (Wildman–Crippen LogP) is 2.47. The van der Waals surface area contributed by atoms with Crippen LogP contribution >= 0.6 is 0 Å². The van der Waals surface area contributed by atoms with Gasteiger partial charge in [-0.3, -0.25) is 4.90 Å². The van der Waals surface area contributed by atoms with Crippen LogP contribution < -0.4 is 14.4 Å². The van der Waals surface area contributed by atoms with E-state index in [0.29, 0.717) is 13.0 Å². The maximum Gasteiger partial charge on any atom is 0.215 e. The minimum Gasteiger partial charge on any atom is -0.495 e. The molecule has 3 rings (SSSR count). The van der Waals surface area contributed by atoms with Gasteiger partial charge in [-0.05, 0) is 31.2 Å². The lowest BCUT2D eigenvalue weighted by Crippen LogP contribution is -2.47. The summed E-state index contributed by atoms with van der Waals surface area (Å²) in [5.41, 5.74) is 1.29. The molecule has 158 valence electrons. The minimum absolute atomic E-state index is 0.187. The second-order valence-electron chi connectivity index (χ2n) is 7.10. The molecule has 6 nitrogen and oxygen atoms in total. The van der Waals surface area contributed by atoms with Gasteiger partial charge in [0.25, 0.3) is 0 Å². The normalized spacial score (nSPS) is 15.4. The molecule has 2 aromatic rings. The van der Waals surface area contributed by atoms with Crippen LogP contribution in [-0.4, -0.2) is 59.7 Å². The number of para-hydroxylation sites is 2. The standard InChI is InChI=1S/C21H28FN3O3S/c1-28-21-10-5-4-9-20(21)25-15-13-24(14-16-25)12-6-11-23-29(26,27)17-18-7-2-3-8-19(18)22/h2-5,7-10,23H,6,11-17H2,1H3. The Balaban J connectivity index is 1.39. The molecule has 1 heterocycles. The SMILES string of the molecule is COc1ccccc1N1CCN(CCCNS(=O)(=O)Cc2ccccc2F)CC1. The van der Waals surface area contributed by atoms with E-state index in [1.165, 1.54) is 12.1 Å². The second-order valence-corrected chi connectivity index (χ2v) is 8.91. The van der Waals surface area contributed by atoms with Crippen molar-refractivity contribution in [2.45, 2.75) is 12.2 Å². The van der Waals surface area contributed by atoms with E-state index in [2.05, 4.69) is 20.6 Å². The van der Waals surface area contributed by atoms with Crippen LogP contribution in [0.25, 0.3) is 0 Å². The first-order chi connectivity index (χ1) is 14.0. The lowest BCUT2D eigenvalue weighted by Gasteiger charge is -2.36. The summed E-state index contributed by atoms with van der Waals surface area (Å²) in [4.78, 5) is 4.64. The van der Waals surface area contributed by atoms with E-state index in [1.54, 1.807) is 19.2 Å². The molecule has 8 heteroatoms. The molecule has 2 aromatic carbocycles. The fourth-order valence-corrected chi connectivity index (χ4v) is 4.71. The molecule has 0 amide bonds. The summed E-state index contributed by atoms with van der Waals surface area (Å²) < 4.78 is 46.0. The molecule has 0 aliphatic carbocycles. The smallest absolute Gasteiger partial charge is 0.215 e. The van der Waals surface area contributed by atoms with E-state index in [-0.39, 0.29) is 11.3 Å². The van der Waals surface area contributed by atoms with Crippen molar-refractivity contribution in [3.05, 3.63) is 59.9 Å². The van der Waals surface area contributed by atoms with Crippen molar-refractivity contribution < 1.29 is 17.5 Å². The van der Waals surface area contributed by atoms with Crippen molar-refractivity contribution in [2.24, 2.45) is 0 Å². The summed E-state index contributed by atoms with van der Waals surface area (Å²) in [6.07, 6.45) is 0.713. The first-order valence-corrected chi connectivity index (χ1v) is 11.4. The van der Waals surface area contributed by atoms with Crippen LogP contribution in [0.15, 0.2) is 48.5 Å². The van der Waals surface area contributed by atoms with Gasteiger partial charge in [0.1, 0.15) is 11.6 Å². The first kappa shape index (κ1) is 21.5. The molecule has 0 bridgehead atoms. The van der Waals surface area contributed by atoms with E-state index in [4.69, 9.17) is 4.74 Å². The van der Waals surface area contributed by atoms with Crippen LogP contribution in [0, 0.1) is 5.82 Å². The average molecular weight is 422 g/mol. The molecule has 29 heavy (non-hydrogen) atoms. The Hall–Kier alpha value is -2.16. The highest BCUT2D eigenvalue weighted by Gasteiger charge is 2.19. The number of hydrogen-bond donors (Lipinski definition) is 1. The zero-order chi connectivity index (χ0) is 20.7. The lowest BCUT2D eigenvalue weighted by atomic mass is 10.2. The maximum absolute atomic E-state index is 13.6. The van der Waals surface area contributed by atoms with Crippen molar-refractivity contribution in [2.75, 3.05) is 51.3 Å². The van der Waals surface area contributed by atoms with Gasteiger partial charge in [0.15, 0.2) is 0 Å². The highest BCUT2D eigenvalue weighted by molar-refractivity contribution is 7.88. The second kappa shape index (κ2) is 10.0. The van der Waals surface area contributed by atoms with Gasteiger partial charge in [-0.25, -0.2) is 17.5 Å². The van der Waals surface area contributed by atoms with Gasteiger partial charge in [0.2, 0.25) is 10.0 Å². The number of nitrogens with zero attached hydrogens (tertiary/aromatic N) is 2. The Morgan fingerprint density at radius 2 is 1.72 bits per heavy atom. The van der Waals surface area contributed by atoms with Gasteiger partial charge in [-0.15, -0.1) is 0 Å². The van der Waals surface area contributed by atoms with Gasteiger partial charge in [-0.1, -0.05) is 30.3 Å². The predicted molar refractivity (Wildman–Crippen MR) is 113 cm³/mol. The monoisotopic (exact) mass is 421 g/mol. The van der Waals surface area contributed by atoms with Crippen LogP contribution in [0.3, 0.4) is 0 Å². The molecule has 0 saturated carbocycles. The Kier molecular flexibility index (Phi) is 7.46. The van der Waals surface area contributed by atoms with Gasteiger partial charge in [0, 0.05) is 38.3 Å². The molecular formula is C21H28FN3O3S. The van der Waals surface area contributed by atoms with Gasteiger partial charge >= 0.3 is 0 Å². The van der Waals surface area contributed by atoms with Crippen LogP contribution in [0.1, 0.15) is 12.0 Å². The van der Waals surface area contributed by atoms with Crippen molar-refractivity contribution in [3.8, 4) is 5.75 Å². The van der Waals surface area contributed by atoms with Crippen molar-refractivity contribution in [1.82, 2.24) is 9.62 Å². The zero-order valence-corrected chi connectivity index (χ0v) is 17.5. The summed E-state index contributed by atoms with van der Waals surface area (Å²) in [7, 11) is -1.86. The molecule has 1 saturated heterocycles. The van der Waals surface area contributed by atoms with Gasteiger partial charge in [-0.2, -0.15) is 0 Å². The Bertz CT molecular complexity index is 900. The molecule has 0 spiro atoms. The van der Waals surface area contributed by atoms with Gasteiger partial charge < -0.3 is 9.64 Å². The maximum atomic E-state index is 13.6. The largest absolute Gasteiger partial charge is 0.495 e. The molecule has 0 aromatic heterocycles. The number of benzene rings is 2. The van der Waals surface area contributed by atoms with Crippen molar-refractivity contribution >= 4 is 15.7 Å². The van der Waals surface area contributed by atoms with E-state index >= 15 is 0 Å². The number of halogens is 1. The van der Waals surface area contributed by atoms with Crippen molar-refractivity contribution in [1.29, 1.82) is 0 Å². The van der Waals surface area contributed by atoms with Crippen LogP contribution in [0.2, 0.25) is 0 Å². The number of piperazine rings is 1. The molecule has 1 N–H and O–H groups in total. The van der Waals surface area contributed by atoms with Crippen LogP contribution in [0.5, 0.6) is 5.75 Å². The molecular weight excluding hydrogens is 393 g/mol. The summed E-state index contributed by atoms with van der Waals surface area (Å²) in [6.45, 7) is 4.81. The summed E-state index contributed by atoms with van der Waals surface area (Å²) in [6, 6.07) is 14.0. The highest BCUT2D eigenvalue weighted by Crippen LogP contribution is 2.28. The quantitative estimate of drug-likeness (QED) is 0.631. The molecule has 0 unspecified atom stereocenters. The van der Waals surface area contributed by atoms with E-state index in [9.17, 15) is 12.8 Å². The highest BCUT2D eigenvalue weighted by atomic mass is 32.2. The van der Waals surface area contributed by atoms with Crippen LogP contribution in [-0.2, 0) is 15.8 Å². The fraction of sp³-hybridized carbons (Fsp3) is 0.429. The Morgan fingerprint density at radius 1 is 1.03 bits per heavy atom. The molecule has 0 radical (unpaired) electrons. The Labute approximate surface area is 172 Å². The summed E-state index contributed by atoms with van der Waals surface area (Å²) >= 11 is 0. The molecule has 1 aliphatic rings. The number of ether oxygens (including phenoxy) is 1. The lowest BCUT2D eigenvalue weighted by molar-refractivity contribution is 0.254. The topological polar surface area (TPSA) is 61.9 Å². The summed E-state index contributed by atoms with van der Waals surface area (Å²) in [5, 5.41) is 0. The van der Waals surface area contributed by atoms with E-state index in [1.807, 2.05) is 18.2 Å². The third kappa shape index (κ3) is 6.16. The number of sulfonamides is 1. The minimum atomic E-state index is -3.54. The molecule has 1 aliphatic heterocycles. The first-order valence-electron chi connectivity index (χ1n) is 9.79. The third-order valence-corrected chi connectivity index (χ3v) is 6.41. The third-order valence-electron chi connectivity index (χ3n) is 5.07. The molecule has 1 fully saturated rings. The fourth-order valence-electron chi connectivity index (χ4n) is 3.50. The van der Waals surface area contributed by atoms with E-state index in [0.717, 1.165) is 44.2 Å². The van der Waals surface area contributed by atoms with E-state index < -0.39 is 15.8 Å². The summed E-state index contributed by atoms with van der Waals surface area (Å²) in [5.74, 6) is 0.0491. The Morgan fingerprint density at radius 3 is 2.45 bits per heavy atom. The zero-order valence-electron chi connectivity index (χ0n) is 16.7. The van der Waals surface area contributed by atoms with Gasteiger partial charge in [0.05, 0.1) is 18.6 Å².